The van der Waals surface area contributed by atoms with Crippen LogP contribution in [0.25, 0.3) is 0 Å². The highest BCUT2D eigenvalue weighted by Gasteiger charge is 2.11. The zero-order valence-electron chi connectivity index (χ0n) is 15.5. The van der Waals surface area contributed by atoms with Crippen molar-refractivity contribution in [1.82, 2.24) is 20.2 Å². The first kappa shape index (κ1) is 19.0. The van der Waals surface area contributed by atoms with Gasteiger partial charge in [0.05, 0.1) is 6.04 Å². The summed E-state index contributed by atoms with van der Waals surface area (Å²) in [6.45, 7) is 4.19. The number of tetrazole rings is 1. The van der Waals surface area contributed by atoms with Crippen molar-refractivity contribution in [3.63, 3.8) is 0 Å². The SMILES string of the molecule is CC(C)n1nnnc1COc1ccc(C(=O)Nc2ccc(C(N)=O)cc2)cc1. The molecule has 0 radical (unpaired) electrons. The van der Waals surface area contributed by atoms with Gasteiger partial charge in [0.2, 0.25) is 5.91 Å². The number of aromatic nitrogens is 4. The number of carbonyl (C=O) groups excluding carboxylic acids is 2. The fourth-order valence-electron chi connectivity index (χ4n) is 2.48. The van der Waals surface area contributed by atoms with Gasteiger partial charge >= 0.3 is 0 Å². The third-order valence-electron chi connectivity index (χ3n) is 3.96. The Morgan fingerprint density at radius 1 is 1.07 bits per heavy atom. The molecular weight excluding hydrogens is 360 g/mol. The van der Waals surface area contributed by atoms with E-state index in [-0.39, 0.29) is 18.6 Å². The number of hydrogen-bond acceptors (Lipinski definition) is 6. The first-order valence-corrected chi connectivity index (χ1v) is 8.65. The molecule has 0 spiro atoms. The fraction of sp³-hybridized carbons (Fsp3) is 0.211. The van der Waals surface area contributed by atoms with E-state index in [1.807, 2.05) is 13.8 Å². The molecule has 0 fully saturated rings. The van der Waals surface area contributed by atoms with E-state index in [4.69, 9.17) is 10.5 Å². The number of amides is 2. The average Bonchev–Trinajstić information content (AvgIpc) is 3.16. The molecule has 3 N–H and O–H groups in total. The lowest BCUT2D eigenvalue weighted by Gasteiger charge is -2.10. The van der Waals surface area contributed by atoms with Crippen LogP contribution in [-0.2, 0) is 6.61 Å². The maximum absolute atomic E-state index is 12.3. The summed E-state index contributed by atoms with van der Waals surface area (Å²) in [5.41, 5.74) is 6.61. The lowest BCUT2D eigenvalue weighted by molar-refractivity contribution is 0.0998. The van der Waals surface area contributed by atoms with Crippen molar-refractivity contribution in [2.45, 2.75) is 26.5 Å². The summed E-state index contributed by atoms with van der Waals surface area (Å²) in [7, 11) is 0. The van der Waals surface area contributed by atoms with Crippen LogP contribution in [0.5, 0.6) is 5.75 Å². The van der Waals surface area contributed by atoms with Crippen LogP contribution >= 0.6 is 0 Å². The zero-order valence-corrected chi connectivity index (χ0v) is 15.5. The van der Waals surface area contributed by atoms with Crippen LogP contribution in [0.4, 0.5) is 5.69 Å². The minimum absolute atomic E-state index is 0.136. The number of primary amides is 1. The van der Waals surface area contributed by atoms with Gasteiger partial charge in [-0.05, 0) is 72.8 Å². The van der Waals surface area contributed by atoms with Crippen LogP contribution in [-0.4, -0.2) is 32.0 Å². The zero-order chi connectivity index (χ0) is 20.1. The van der Waals surface area contributed by atoms with Gasteiger partial charge in [0.1, 0.15) is 12.4 Å². The Morgan fingerprint density at radius 3 is 2.32 bits per heavy atom. The molecule has 2 aromatic carbocycles. The highest BCUT2D eigenvalue weighted by Crippen LogP contribution is 2.16. The van der Waals surface area contributed by atoms with Gasteiger partial charge in [-0.25, -0.2) is 4.68 Å². The Hall–Kier alpha value is -3.75. The molecule has 0 aliphatic carbocycles. The van der Waals surface area contributed by atoms with Crippen molar-refractivity contribution in [2.75, 3.05) is 5.32 Å². The van der Waals surface area contributed by atoms with Crippen molar-refractivity contribution in [2.24, 2.45) is 5.73 Å². The molecule has 0 saturated carbocycles. The van der Waals surface area contributed by atoms with E-state index >= 15 is 0 Å². The molecular formula is C19H20N6O3. The summed E-state index contributed by atoms with van der Waals surface area (Å²) >= 11 is 0. The monoisotopic (exact) mass is 380 g/mol. The lowest BCUT2D eigenvalue weighted by Crippen LogP contribution is -2.13. The Bertz CT molecular complexity index is 964. The van der Waals surface area contributed by atoms with Crippen LogP contribution < -0.4 is 15.8 Å². The number of benzene rings is 2. The first-order valence-electron chi connectivity index (χ1n) is 8.65. The second kappa shape index (κ2) is 8.30. The number of nitrogens with two attached hydrogens (primary N) is 1. The van der Waals surface area contributed by atoms with Crippen LogP contribution in [0.1, 0.15) is 46.4 Å². The van der Waals surface area contributed by atoms with E-state index in [0.29, 0.717) is 28.4 Å². The van der Waals surface area contributed by atoms with Crippen molar-refractivity contribution < 1.29 is 14.3 Å². The normalized spacial score (nSPS) is 10.7. The number of nitrogens with zero attached hydrogens (tertiary/aromatic N) is 4. The highest BCUT2D eigenvalue weighted by atomic mass is 16.5. The number of carbonyl (C=O) groups is 2. The van der Waals surface area contributed by atoms with Crippen LogP contribution in [0.15, 0.2) is 48.5 Å². The molecule has 0 aliphatic rings. The number of nitrogens with one attached hydrogen (secondary N) is 1. The van der Waals surface area contributed by atoms with Crippen molar-refractivity contribution >= 4 is 17.5 Å². The Morgan fingerprint density at radius 2 is 1.71 bits per heavy atom. The minimum atomic E-state index is -0.518. The molecule has 9 nitrogen and oxygen atoms in total. The van der Waals surface area contributed by atoms with Gasteiger partial charge in [-0.2, -0.15) is 0 Å². The summed E-state index contributed by atoms with van der Waals surface area (Å²) in [5, 5.41) is 14.3. The molecule has 2 amide bonds. The third kappa shape index (κ3) is 4.50. The highest BCUT2D eigenvalue weighted by molar-refractivity contribution is 6.04. The van der Waals surface area contributed by atoms with E-state index in [2.05, 4.69) is 20.8 Å². The van der Waals surface area contributed by atoms with Crippen molar-refractivity contribution in [1.29, 1.82) is 0 Å². The second-order valence-electron chi connectivity index (χ2n) is 6.34. The number of ether oxygens (including phenoxy) is 1. The smallest absolute Gasteiger partial charge is 0.255 e. The topological polar surface area (TPSA) is 125 Å². The summed E-state index contributed by atoms with van der Waals surface area (Å²) in [4.78, 5) is 23.4. The summed E-state index contributed by atoms with van der Waals surface area (Å²) in [5.74, 6) is 0.426. The maximum Gasteiger partial charge on any atom is 0.255 e. The Balaban J connectivity index is 1.59. The predicted molar refractivity (Wildman–Crippen MR) is 102 cm³/mol. The summed E-state index contributed by atoms with van der Waals surface area (Å²) < 4.78 is 7.38. The maximum atomic E-state index is 12.3. The van der Waals surface area contributed by atoms with E-state index in [1.165, 1.54) is 0 Å². The molecule has 1 aromatic heterocycles. The molecule has 9 heteroatoms. The van der Waals surface area contributed by atoms with Crippen LogP contribution in [0.3, 0.4) is 0 Å². The largest absolute Gasteiger partial charge is 0.486 e. The molecule has 0 atom stereocenters. The molecule has 0 aliphatic heterocycles. The predicted octanol–water partition coefficient (Wildman–Crippen LogP) is 2.18. The molecule has 144 valence electrons. The number of anilines is 1. The number of hydrogen-bond donors (Lipinski definition) is 2. The van der Waals surface area contributed by atoms with Gasteiger partial charge in [-0.3, -0.25) is 9.59 Å². The van der Waals surface area contributed by atoms with Crippen molar-refractivity contribution in [3.8, 4) is 5.75 Å². The van der Waals surface area contributed by atoms with Gasteiger partial charge in [0.25, 0.3) is 5.91 Å². The second-order valence-corrected chi connectivity index (χ2v) is 6.34. The number of rotatable bonds is 7. The molecule has 3 aromatic rings. The first-order chi connectivity index (χ1) is 13.4. The minimum Gasteiger partial charge on any atom is -0.486 e. The molecule has 0 unspecified atom stereocenters. The average molecular weight is 380 g/mol. The molecule has 3 rings (SSSR count). The molecule has 0 bridgehead atoms. The lowest BCUT2D eigenvalue weighted by atomic mass is 10.1. The Labute approximate surface area is 161 Å². The molecule has 1 heterocycles. The molecule has 0 saturated heterocycles. The van der Waals surface area contributed by atoms with Gasteiger partial charge < -0.3 is 15.8 Å². The fourth-order valence-corrected chi connectivity index (χ4v) is 2.48. The van der Waals surface area contributed by atoms with Gasteiger partial charge in [0.15, 0.2) is 5.82 Å². The van der Waals surface area contributed by atoms with Crippen molar-refractivity contribution in [3.05, 3.63) is 65.5 Å². The van der Waals surface area contributed by atoms with E-state index in [0.717, 1.165) is 0 Å². The molecule has 28 heavy (non-hydrogen) atoms. The van der Waals surface area contributed by atoms with E-state index < -0.39 is 5.91 Å². The van der Waals surface area contributed by atoms with Gasteiger partial charge in [-0.1, -0.05) is 0 Å². The van der Waals surface area contributed by atoms with Crippen LogP contribution in [0, 0.1) is 0 Å². The van der Waals surface area contributed by atoms with Gasteiger partial charge in [-0.15, -0.1) is 5.10 Å². The van der Waals surface area contributed by atoms with E-state index in [9.17, 15) is 9.59 Å². The third-order valence-corrected chi connectivity index (χ3v) is 3.96. The van der Waals surface area contributed by atoms with Crippen LogP contribution in [0.2, 0.25) is 0 Å². The standard InChI is InChI=1S/C19H20N6O3/c1-12(2)25-17(22-23-24-25)11-28-16-9-5-14(6-10-16)19(27)21-15-7-3-13(4-8-15)18(20)26/h3-10,12H,11H2,1-2H3,(H2,20,26)(H,21,27). The summed E-state index contributed by atoms with van der Waals surface area (Å²) in [6.07, 6.45) is 0. The Kier molecular flexibility index (Phi) is 5.64. The van der Waals surface area contributed by atoms with Gasteiger partial charge in [0, 0.05) is 16.8 Å². The van der Waals surface area contributed by atoms with E-state index in [1.54, 1.807) is 53.2 Å². The quantitative estimate of drug-likeness (QED) is 0.647. The summed E-state index contributed by atoms with van der Waals surface area (Å²) in [6, 6.07) is 13.2.